The number of rotatable bonds is 45. The minimum atomic E-state index is -0.827. The first-order chi connectivity index (χ1) is 32.0. The first-order valence-corrected chi connectivity index (χ1v) is 26.0. The van der Waals surface area contributed by atoms with E-state index in [9.17, 15) is 14.4 Å². The third kappa shape index (κ3) is 50.7. The molecule has 0 aromatic rings. The molecule has 0 aromatic carbocycles. The molecule has 0 bridgehead atoms. The van der Waals surface area contributed by atoms with Crippen LogP contribution in [0.5, 0.6) is 0 Å². The molecular weight excluding hydrogens is 805 g/mol. The highest BCUT2D eigenvalue weighted by Crippen LogP contribution is 2.11. The zero-order valence-corrected chi connectivity index (χ0v) is 41.7. The average Bonchev–Trinajstić information content (AvgIpc) is 3.30. The Hall–Kier alpha value is -4.19. The van der Waals surface area contributed by atoms with Gasteiger partial charge in [-0.05, 0) is 135 Å². The van der Waals surface area contributed by atoms with Gasteiger partial charge in [0.05, 0.1) is 0 Å². The highest BCUT2D eigenvalue weighted by atomic mass is 16.6. The van der Waals surface area contributed by atoms with E-state index in [1.54, 1.807) is 0 Å². The van der Waals surface area contributed by atoms with Crippen LogP contribution in [0.25, 0.3) is 0 Å². The van der Waals surface area contributed by atoms with Gasteiger partial charge in [-0.25, -0.2) is 0 Å². The largest absolute Gasteiger partial charge is 0.462 e. The quantitative estimate of drug-likeness (QED) is 0.0262. The lowest BCUT2D eigenvalue weighted by molar-refractivity contribution is -0.167. The fourth-order valence-corrected chi connectivity index (χ4v) is 6.50. The zero-order chi connectivity index (χ0) is 47.2. The van der Waals surface area contributed by atoms with Crippen molar-refractivity contribution < 1.29 is 28.6 Å². The topological polar surface area (TPSA) is 78.9 Å². The molecule has 0 radical (unpaired) electrons. The van der Waals surface area contributed by atoms with E-state index in [1.807, 2.05) is 0 Å². The maximum Gasteiger partial charge on any atom is 0.306 e. The normalized spacial score (nSPS) is 13.1. The molecular formula is C59H94O6. The summed E-state index contributed by atoms with van der Waals surface area (Å²) in [6.07, 6.45) is 71.8. The Bertz CT molecular complexity index is 1400. The van der Waals surface area contributed by atoms with Gasteiger partial charge in [-0.3, -0.25) is 14.4 Å². The van der Waals surface area contributed by atoms with Gasteiger partial charge >= 0.3 is 17.9 Å². The first kappa shape index (κ1) is 60.8. The number of carbonyl (C=O) groups excluding carboxylic acids is 3. The summed E-state index contributed by atoms with van der Waals surface area (Å²) in [7, 11) is 0. The van der Waals surface area contributed by atoms with E-state index in [1.165, 1.54) is 51.4 Å². The van der Waals surface area contributed by atoms with E-state index in [0.717, 1.165) is 109 Å². The van der Waals surface area contributed by atoms with Crippen LogP contribution in [0.15, 0.2) is 122 Å². The lowest BCUT2D eigenvalue weighted by Gasteiger charge is -2.18. The monoisotopic (exact) mass is 899 g/mol. The lowest BCUT2D eigenvalue weighted by atomic mass is 10.1. The van der Waals surface area contributed by atoms with Gasteiger partial charge in [0.1, 0.15) is 13.2 Å². The minimum absolute atomic E-state index is 0.122. The maximum atomic E-state index is 12.8. The Labute approximate surface area is 399 Å². The van der Waals surface area contributed by atoms with Crippen molar-refractivity contribution in [2.45, 2.75) is 219 Å². The molecule has 65 heavy (non-hydrogen) atoms. The van der Waals surface area contributed by atoms with Crippen molar-refractivity contribution in [2.24, 2.45) is 0 Å². The van der Waals surface area contributed by atoms with E-state index in [2.05, 4.69) is 142 Å². The van der Waals surface area contributed by atoms with Crippen molar-refractivity contribution in [2.75, 3.05) is 13.2 Å². The summed E-state index contributed by atoms with van der Waals surface area (Å²) in [6, 6.07) is 0. The molecule has 0 aromatic heterocycles. The highest BCUT2D eigenvalue weighted by molar-refractivity contribution is 5.71. The Balaban J connectivity index is 4.58. The molecule has 0 rings (SSSR count). The molecule has 0 fully saturated rings. The Kier molecular flexibility index (Phi) is 49.1. The van der Waals surface area contributed by atoms with E-state index in [4.69, 9.17) is 14.2 Å². The fraction of sp³-hybridized carbons (Fsp3) is 0.610. The number of esters is 3. The predicted molar refractivity (Wildman–Crippen MR) is 279 cm³/mol. The van der Waals surface area contributed by atoms with Gasteiger partial charge in [-0.1, -0.05) is 181 Å². The van der Waals surface area contributed by atoms with Crippen LogP contribution in [0.2, 0.25) is 0 Å². The molecule has 0 spiro atoms. The molecule has 6 nitrogen and oxygen atoms in total. The second-order valence-electron chi connectivity index (χ2n) is 16.7. The number of allylic oxidation sites excluding steroid dienone is 20. The molecule has 1 atom stereocenters. The third-order valence-electron chi connectivity index (χ3n) is 10.4. The van der Waals surface area contributed by atoms with Crippen molar-refractivity contribution in [1.82, 2.24) is 0 Å². The van der Waals surface area contributed by atoms with Gasteiger partial charge in [0.25, 0.3) is 0 Å². The van der Waals surface area contributed by atoms with Crippen molar-refractivity contribution >= 4 is 17.9 Å². The molecule has 0 aliphatic heterocycles. The molecule has 0 heterocycles. The van der Waals surface area contributed by atoms with Crippen LogP contribution in [0.1, 0.15) is 213 Å². The molecule has 0 saturated heterocycles. The number of hydrogen-bond donors (Lipinski definition) is 0. The van der Waals surface area contributed by atoms with Crippen LogP contribution in [0, 0.1) is 0 Å². The molecule has 0 amide bonds. The molecule has 0 aliphatic rings. The molecule has 6 heteroatoms. The Morgan fingerprint density at radius 2 is 0.600 bits per heavy atom. The Morgan fingerprint density at radius 1 is 0.323 bits per heavy atom. The number of hydrogen-bond acceptors (Lipinski definition) is 6. The summed E-state index contributed by atoms with van der Waals surface area (Å²) in [5.41, 5.74) is 0. The number of ether oxygens (including phenoxy) is 3. The second-order valence-corrected chi connectivity index (χ2v) is 16.7. The number of carbonyl (C=O) groups is 3. The molecule has 0 aliphatic carbocycles. The molecule has 0 unspecified atom stereocenters. The van der Waals surface area contributed by atoms with Crippen LogP contribution in [-0.2, 0) is 28.6 Å². The van der Waals surface area contributed by atoms with Gasteiger partial charge in [0.15, 0.2) is 6.10 Å². The third-order valence-corrected chi connectivity index (χ3v) is 10.4. The van der Waals surface area contributed by atoms with Gasteiger partial charge in [0.2, 0.25) is 0 Å². The van der Waals surface area contributed by atoms with Crippen molar-refractivity contribution in [3.05, 3.63) is 122 Å². The standard InChI is InChI=1S/C59H94O6/c1-4-7-10-13-16-19-22-25-28-29-32-34-37-40-43-46-49-52-58(61)64-55-56(65-59(62)53-50-47-44-41-38-35-31-27-24-21-18-15-12-9-6-3)54-63-57(60)51-48-45-42-39-36-33-30-26-23-20-17-14-11-8-5-2/h7,10,16-21,25-28,30-32,34,36,38-39,41,56H,4-6,8-9,11-15,22-24,29,33,35,37,40,42-55H2,1-3H3/b10-7-,19-16-,20-17-,21-18-,28-25-,30-26-,31-27-,34-32-,39-36-,41-38-/t56-/m0/s1. The summed E-state index contributed by atoms with van der Waals surface area (Å²) in [5, 5.41) is 0. The fourth-order valence-electron chi connectivity index (χ4n) is 6.50. The molecule has 366 valence electrons. The average molecular weight is 899 g/mol. The lowest BCUT2D eigenvalue weighted by Crippen LogP contribution is -2.30. The van der Waals surface area contributed by atoms with Gasteiger partial charge < -0.3 is 14.2 Å². The van der Waals surface area contributed by atoms with Crippen molar-refractivity contribution in [3.8, 4) is 0 Å². The van der Waals surface area contributed by atoms with Gasteiger partial charge in [-0.2, -0.15) is 0 Å². The van der Waals surface area contributed by atoms with Crippen LogP contribution in [-0.4, -0.2) is 37.2 Å². The first-order valence-electron chi connectivity index (χ1n) is 26.0. The van der Waals surface area contributed by atoms with Crippen LogP contribution in [0.4, 0.5) is 0 Å². The number of unbranched alkanes of at least 4 members (excludes halogenated alkanes) is 14. The van der Waals surface area contributed by atoms with E-state index < -0.39 is 6.10 Å². The SMILES string of the molecule is CC/C=C\C/C=C\C/C=C\C/C=C\CCCCCCC(=O)OC[C@H](COC(=O)CCCC/C=C\C/C=C\C/C=C\CCCCC)OC(=O)CCCC/C=C\C/C=C\C/C=C\CCCCC. The van der Waals surface area contributed by atoms with E-state index >= 15 is 0 Å². The van der Waals surface area contributed by atoms with E-state index in [-0.39, 0.29) is 37.5 Å². The Morgan fingerprint density at radius 3 is 0.954 bits per heavy atom. The summed E-state index contributed by atoms with van der Waals surface area (Å²) in [6.45, 7) is 6.36. The minimum Gasteiger partial charge on any atom is -0.462 e. The van der Waals surface area contributed by atoms with Gasteiger partial charge in [0, 0.05) is 19.3 Å². The summed E-state index contributed by atoms with van der Waals surface area (Å²) in [5.74, 6) is -1.03. The summed E-state index contributed by atoms with van der Waals surface area (Å²) >= 11 is 0. The van der Waals surface area contributed by atoms with Crippen LogP contribution >= 0.6 is 0 Å². The van der Waals surface area contributed by atoms with Crippen molar-refractivity contribution in [1.29, 1.82) is 0 Å². The van der Waals surface area contributed by atoms with E-state index in [0.29, 0.717) is 25.7 Å². The predicted octanol–water partition coefficient (Wildman–Crippen LogP) is 17.3. The smallest absolute Gasteiger partial charge is 0.306 e. The van der Waals surface area contributed by atoms with Crippen LogP contribution in [0.3, 0.4) is 0 Å². The maximum absolute atomic E-state index is 12.8. The summed E-state index contributed by atoms with van der Waals surface area (Å²) < 4.78 is 16.7. The zero-order valence-electron chi connectivity index (χ0n) is 41.7. The molecule has 0 N–H and O–H groups in total. The van der Waals surface area contributed by atoms with Crippen molar-refractivity contribution in [3.63, 3.8) is 0 Å². The van der Waals surface area contributed by atoms with Gasteiger partial charge in [-0.15, -0.1) is 0 Å². The van der Waals surface area contributed by atoms with Crippen LogP contribution < -0.4 is 0 Å². The highest BCUT2D eigenvalue weighted by Gasteiger charge is 2.19. The second kappa shape index (κ2) is 52.4. The molecule has 0 saturated carbocycles. The summed E-state index contributed by atoms with van der Waals surface area (Å²) in [4.78, 5) is 38.0.